The van der Waals surface area contributed by atoms with E-state index in [1.807, 2.05) is 36.4 Å². The van der Waals surface area contributed by atoms with Crippen molar-refractivity contribution < 1.29 is 14.3 Å². The quantitative estimate of drug-likeness (QED) is 0.801. The number of ether oxygens (including phenoxy) is 2. The van der Waals surface area contributed by atoms with Crippen LogP contribution in [0.2, 0.25) is 5.02 Å². The molecule has 1 aromatic rings. The molecule has 1 atom stereocenters. The van der Waals surface area contributed by atoms with Crippen LogP contribution in [0.15, 0.2) is 42.5 Å². The lowest BCUT2D eigenvalue weighted by Gasteiger charge is -2.25. The predicted octanol–water partition coefficient (Wildman–Crippen LogP) is 2.47. The fourth-order valence-electron chi connectivity index (χ4n) is 2.73. The molecule has 0 N–H and O–H groups in total. The zero-order valence-electron chi connectivity index (χ0n) is 12.3. The fourth-order valence-corrected chi connectivity index (χ4v) is 2.90. The highest BCUT2D eigenvalue weighted by atomic mass is 35.5. The lowest BCUT2D eigenvalue weighted by atomic mass is 9.97. The Morgan fingerprint density at radius 1 is 1.32 bits per heavy atom. The van der Waals surface area contributed by atoms with E-state index in [2.05, 4.69) is 6.08 Å². The molecule has 0 saturated carbocycles. The van der Waals surface area contributed by atoms with Crippen molar-refractivity contribution in [2.75, 3.05) is 6.61 Å². The summed E-state index contributed by atoms with van der Waals surface area (Å²) in [6.45, 7) is 2.20. The van der Waals surface area contributed by atoms with Crippen LogP contribution < -0.4 is 10.4 Å². The molecule has 4 heteroatoms. The van der Waals surface area contributed by atoms with Crippen LogP contribution in [0.1, 0.15) is 19.8 Å². The molecule has 1 unspecified atom stereocenters. The topological polar surface area (TPSA) is 35.5 Å². The minimum absolute atomic E-state index is 0.101. The summed E-state index contributed by atoms with van der Waals surface area (Å²) < 4.78 is 11.1. The highest BCUT2D eigenvalue weighted by molar-refractivity contribution is 6.30. The Balaban J connectivity index is 2.03. The Hall–Kier alpha value is -2.00. The van der Waals surface area contributed by atoms with Crippen molar-refractivity contribution in [1.29, 1.82) is 0 Å². The Morgan fingerprint density at radius 2 is 2.18 bits per heavy atom. The van der Waals surface area contributed by atoms with E-state index in [-0.39, 0.29) is 12.1 Å². The number of rotatable bonds is 4. The van der Waals surface area contributed by atoms with Gasteiger partial charge < -0.3 is 9.47 Å². The van der Waals surface area contributed by atoms with Crippen LogP contribution in [0.4, 0.5) is 0 Å². The second kappa shape index (κ2) is 6.41. The van der Waals surface area contributed by atoms with E-state index in [1.54, 1.807) is 6.92 Å². The van der Waals surface area contributed by atoms with Crippen LogP contribution in [0.3, 0.4) is 0 Å². The van der Waals surface area contributed by atoms with E-state index in [9.17, 15) is 4.79 Å². The third kappa shape index (κ3) is 2.95. The molecule has 22 heavy (non-hydrogen) atoms. The zero-order valence-corrected chi connectivity index (χ0v) is 13.1. The molecule has 0 radical (unpaired) electrons. The average Bonchev–Trinajstić information content (AvgIpc) is 2.52. The first kappa shape index (κ1) is 14.9. The summed E-state index contributed by atoms with van der Waals surface area (Å²) in [5, 5.41) is 2.73. The van der Waals surface area contributed by atoms with E-state index in [0.29, 0.717) is 24.5 Å². The number of fused-ring (bicyclic) bond motifs is 2. The molecule has 0 spiro atoms. The first-order valence-corrected chi connectivity index (χ1v) is 7.77. The lowest BCUT2D eigenvalue weighted by molar-refractivity contribution is -0.143. The smallest absolute Gasteiger partial charge is 0.306 e. The Kier molecular flexibility index (Phi) is 4.34. The molecule has 2 aliphatic rings. The molecule has 0 bridgehead atoms. The summed E-state index contributed by atoms with van der Waals surface area (Å²) in [6.07, 6.45) is 8.74. The van der Waals surface area contributed by atoms with Gasteiger partial charge in [0.1, 0.15) is 11.9 Å². The second-order valence-electron chi connectivity index (χ2n) is 5.16. The summed E-state index contributed by atoms with van der Waals surface area (Å²) in [5.41, 5.74) is 1.12. The van der Waals surface area contributed by atoms with Crippen LogP contribution in [-0.4, -0.2) is 18.7 Å². The minimum atomic E-state index is -0.212. The first-order valence-electron chi connectivity index (χ1n) is 7.39. The predicted molar refractivity (Wildman–Crippen MR) is 86.5 cm³/mol. The number of carbonyl (C=O) groups is 1. The molecular formula is C18H17ClO3. The maximum Gasteiger partial charge on any atom is 0.306 e. The third-order valence-electron chi connectivity index (χ3n) is 3.70. The van der Waals surface area contributed by atoms with Gasteiger partial charge in [-0.25, -0.2) is 0 Å². The van der Waals surface area contributed by atoms with Crippen LogP contribution in [-0.2, 0) is 14.3 Å². The number of hydrogen-bond acceptors (Lipinski definition) is 3. The summed E-state index contributed by atoms with van der Waals surface area (Å²) in [5.74, 6) is 0.579. The van der Waals surface area contributed by atoms with Crippen molar-refractivity contribution in [2.45, 2.75) is 25.9 Å². The molecule has 0 amide bonds. The summed E-state index contributed by atoms with van der Waals surface area (Å²) in [7, 11) is 0. The molecule has 0 saturated heterocycles. The standard InChI is InChI=1S/C18H17ClO3/c1-2-21-18(20)10-9-17-15-11-12(19)7-8-13(15)14-5-3-4-6-16(14)22-17/h3-8,11,16H,2,9-10H2,1H3. The van der Waals surface area contributed by atoms with Crippen molar-refractivity contribution in [2.24, 2.45) is 0 Å². The zero-order chi connectivity index (χ0) is 15.5. The third-order valence-corrected chi connectivity index (χ3v) is 3.94. The van der Waals surface area contributed by atoms with Gasteiger partial charge in [0.15, 0.2) is 0 Å². The van der Waals surface area contributed by atoms with Gasteiger partial charge in [-0.3, -0.25) is 4.79 Å². The molecule has 1 heterocycles. The van der Waals surface area contributed by atoms with Gasteiger partial charge in [-0.1, -0.05) is 35.9 Å². The molecule has 3 rings (SSSR count). The fraction of sp³-hybridized carbons (Fsp3) is 0.278. The van der Waals surface area contributed by atoms with E-state index in [4.69, 9.17) is 21.1 Å². The van der Waals surface area contributed by atoms with Crippen LogP contribution >= 0.6 is 11.6 Å². The van der Waals surface area contributed by atoms with Crippen molar-refractivity contribution in [3.8, 4) is 0 Å². The number of carbonyl (C=O) groups excluding carboxylic acids is 1. The van der Waals surface area contributed by atoms with E-state index in [1.165, 1.54) is 0 Å². The van der Waals surface area contributed by atoms with Gasteiger partial charge in [-0.15, -0.1) is 0 Å². The van der Waals surface area contributed by atoms with Gasteiger partial charge in [0, 0.05) is 22.2 Å². The monoisotopic (exact) mass is 316 g/mol. The largest absolute Gasteiger partial charge is 0.485 e. The second-order valence-corrected chi connectivity index (χ2v) is 5.59. The summed E-state index contributed by atoms with van der Waals surface area (Å²) in [4.78, 5) is 11.6. The molecule has 1 aromatic carbocycles. The lowest BCUT2D eigenvalue weighted by Crippen LogP contribution is -2.38. The van der Waals surface area contributed by atoms with Gasteiger partial charge in [-0.05, 0) is 30.4 Å². The normalized spacial score (nSPS) is 18.5. The average molecular weight is 317 g/mol. The Morgan fingerprint density at radius 3 is 3.00 bits per heavy atom. The maximum atomic E-state index is 11.6. The molecule has 3 nitrogen and oxygen atoms in total. The first-order chi connectivity index (χ1) is 10.7. The minimum Gasteiger partial charge on any atom is -0.485 e. The van der Waals surface area contributed by atoms with Gasteiger partial charge >= 0.3 is 5.97 Å². The number of hydrogen-bond donors (Lipinski definition) is 0. The van der Waals surface area contributed by atoms with Crippen molar-refractivity contribution >= 4 is 28.9 Å². The molecule has 114 valence electrons. The van der Waals surface area contributed by atoms with Gasteiger partial charge in [-0.2, -0.15) is 0 Å². The highest BCUT2D eigenvalue weighted by Crippen LogP contribution is 2.23. The molecular weight excluding hydrogens is 300 g/mol. The summed E-state index contributed by atoms with van der Waals surface area (Å²) in [6, 6.07) is 5.79. The highest BCUT2D eigenvalue weighted by Gasteiger charge is 2.21. The molecule has 0 aromatic heterocycles. The van der Waals surface area contributed by atoms with Crippen LogP contribution in [0.5, 0.6) is 0 Å². The SMILES string of the molecule is CCOC(=O)CCC1=c2cc(Cl)ccc2=C2C=CC=CC2O1. The van der Waals surface area contributed by atoms with Crippen molar-refractivity contribution in [1.82, 2.24) is 0 Å². The molecule has 1 aliphatic heterocycles. The van der Waals surface area contributed by atoms with Gasteiger partial charge in [0.25, 0.3) is 0 Å². The van der Waals surface area contributed by atoms with Gasteiger partial charge in [0.2, 0.25) is 0 Å². The van der Waals surface area contributed by atoms with E-state index >= 15 is 0 Å². The Bertz CT molecular complexity index is 774. The molecule has 1 aliphatic carbocycles. The number of halogens is 1. The maximum absolute atomic E-state index is 11.6. The van der Waals surface area contributed by atoms with Crippen molar-refractivity contribution in [3.63, 3.8) is 0 Å². The molecule has 0 fully saturated rings. The summed E-state index contributed by atoms with van der Waals surface area (Å²) >= 11 is 6.13. The van der Waals surface area contributed by atoms with E-state index < -0.39 is 0 Å². The number of benzene rings is 1. The number of allylic oxidation sites excluding steroid dienone is 2. The van der Waals surface area contributed by atoms with Crippen LogP contribution in [0.25, 0.3) is 11.3 Å². The van der Waals surface area contributed by atoms with E-state index in [0.717, 1.165) is 21.8 Å². The van der Waals surface area contributed by atoms with Gasteiger partial charge in [0.05, 0.1) is 13.0 Å². The Labute approximate surface area is 134 Å². The van der Waals surface area contributed by atoms with Crippen molar-refractivity contribution in [3.05, 3.63) is 58.0 Å². The van der Waals surface area contributed by atoms with Crippen LogP contribution in [0, 0.1) is 0 Å². The number of esters is 1.